The number of hydrogen-bond acceptors (Lipinski definition) is 4. The highest BCUT2D eigenvalue weighted by molar-refractivity contribution is 5.78. The predicted octanol–water partition coefficient (Wildman–Crippen LogP) is 0.873. The number of esters is 1. The summed E-state index contributed by atoms with van der Waals surface area (Å²) in [5.41, 5.74) is 6.35. The molecular formula is C15H22N2O3. The van der Waals surface area contributed by atoms with Gasteiger partial charge < -0.3 is 15.8 Å². The third-order valence-electron chi connectivity index (χ3n) is 2.86. The van der Waals surface area contributed by atoms with E-state index in [1.807, 2.05) is 30.3 Å². The van der Waals surface area contributed by atoms with Crippen LogP contribution in [-0.2, 0) is 20.7 Å². The summed E-state index contributed by atoms with van der Waals surface area (Å²) in [7, 11) is 0. The Morgan fingerprint density at radius 2 is 2.00 bits per heavy atom. The maximum atomic E-state index is 11.9. The molecule has 1 atom stereocenters. The van der Waals surface area contributed by atoms with Crippen LogP contribution in [0, 0.1) is 5.92 Å². The number of nitrogens with two attached hydrogens (primary N) is 1. The first-order chi connectivity index (χ1) is 9.67. The van der Waals surface area contributed by atoms with Crippen LogP contribution in [0.1, 0.15) is 18.9 Å². The lowest BCUT2D eigenvalue weighted by molar-refractivity contribution is -0.147. The van der Waals surface area contributed by atoms with Gasteiger partial charge in [-0.2, -0.15) is 0 Å². The van der Waals surface area contributed by atoms with Crippen LogP contribution in [0.5, 0.6) is 0 Å². The van der Waals surface area contributed by atoms with Crippen molar-refractivity contribution in [2.75, 3.05) is 19.7 Å². The summed E-state index contributed by atoms with van der Waals surface area (Å²) >= 11 is 0. The number of carbonyl (C=O) groups is 2. The van der Waals surface area contributed by atoms with Crippen LogP contribution >= 0.6 is 0 Å². The second kappa shape index (κ2) is 9.09. The molecule has 0 aliphatic rings. The highest BCUT2D eigenvalue weighted by Crippen LogP contribution is 2.10. The topological polar surface area (TPSA) is 81.4 Å². The van der Waals surface area contributed by atoms with Crippen LogP contribution < -0.4 is 11.1 Å². The minimum atomic E-state index is -0.376. The minimum Gasteiger partial charge on any atom is -0.466 e. The number of rotatable bonds is 8. The van der Waals surface area contributed by atoms with Gasteiger partial charge in [-0.3, -0.25) is 9.59 Å². The molecule has 1 aromatic carbocycles. The molecule has 5 nitrogen and oxygen atoms in total. The van der Waals surface area contributed by atoms with E-state index in [1.54, 1.807) is 6.92 Å². The summed E-state index contributed by atoms with van der Waals surface area (Å²) in [5.74, 6) is -0.807. The van der Waals surface area contributed by atoms with Gasteiger partial charge in [-0.05, 0) is 18.9 Å². The van der Waals surface area contributed by atoms with E-state index in [-0.39, 0.29) is 30.8 Å². The van der Waals surface area contributed by atoms with E-state index in [2.05, 4.69) is 5.32 Å². The molecular weight excluding hydrogens is 256 g/mol. The Kier molecular flexibility index (Phi) is 7.35. The third-order valence-corrected chi connectivity index (χ3v) is 2.86. The molecule has 0 aliphatic heterocycles. The van der Waals surface area contributed by atoms with E-state index >= 15 is 0 Å². The zero-order valence-electron chi connectivity index (χ0n) is 11.8. The molecule has 0 heterocycles. The van der Waals surface area contributed by atoms with Gasteiger partial charge in [0.05, 0.1) is 12.5 Å². The Bertz CT molecular complexity index is 420. The fraction of sp³-hybridized carbons (Fsp3) is 0.467. The first kappa shape index (κ1) is 16.2. The fourth-order valence-corrected chi connectivity index (χ4v) is 1.85. The largest absolute Gasteiger partial charge is 0.466 e. The Balaban J connectivity index is 2.60. The average Bonchev–Trinajstić information content (AvgIpc) is 2.45. The van der Waals surface area contributed by atoms with Gasteiger partial charge in [0.25, 0.3) is 0 Å². The third kappa shape index (κ3) is 5.84. The summed E-state index contributed by atoms with van der Waals surface area (Å²) < 4.78 is 5.05. The van der Waals surface area contributed by atoms with Crippen molar-refractivity contribution in [3.63, 3.8) is 0 Å². The molecule has 1 rings (SSSR count). The molecule has 1 amide bonds. The van der Waals surface area contributed by atoms with E-state index in [1.165, 1.54) is 0 Å². The summed E-state index contributed by atoms with van der Waals surface area (Å²) in [6.07, 6.45) is 0.809. The summed E-state index contributed by atoms with van der Waals surface area (Å²) in [4.78, 5) is 23.4. The quantitative estimate of drug-likeness (QED) is 0.691. The standard InChI is InChI=1S/C15H22N2O3/c1-2-20-15(19)13(11-17-14(18)8-9-16)10-12-6-4-3-5-7-12/h3-7,13H,2,8-11,16H2,1H3,(H,17,18). The lowest BCUT2D eigenvalue weighted by atomic mass is 9.99. The van der Waals surface area contributed by atoms with E-state index in [9.17, 15) is 9.59 Å². The molecule has 0 bridgehead atoms. The molecule has 0 aliphatic carbocycles. The highest BCUT2D eigenvalue weighted by atomic mass is 16.5. The highest BCUT2D eigenvalue weighted by Gasteiger charge is 2.20. The summed E-state index contributed by atoms with van der Waals surface area (Å²) in [5, 5.41) is 2.72. The Hall–Kier alpha value is -1.88. The number of carbonyl (C=O) groups excluding carboxylic acids is 2. The summed E-state index contributed by atoms with van der Waals surface area (Å²) in [6, 6.07) is 9.67. The van der Waals surface area contributed by atoms with E-state index in [0.717, 1.165) is 5.56 Å². The molecule has 1 unspecified atom stereocenters. The van der Waals surface area contributed by atoms with Crippen LogP contribution in [0.2, 0.25) is 0 Å². The van der Waals surface area contributed by atoms with Crippen molar-refractivity contribution in [1.82, 2.24) is 5.32 Å². The second-order valence-corrected chi connectivity index (χ2v) is 4.48. The number of benzene rings is 1. The van der Waals surface area contributed by atoms with Crippen molar-refractivity contribution in [3.8, 4) is 0 Å². The smallest absolute Gasteiger partial charge is 0.311 e. The van der Waals surface area contributed by atoms with E-state index in [0.29, 0.717) is 19.6 Å². The van der Waals surface area contributed by atoms with Crippen molar-refractivity contribution < 1.29 is 14.3 Å². The van der Waals surface area contributed by atoms with Crippen molar-refractivity contribution in [2.24, 2.45) is 11.7 Å². The molecule has 0 saturated carbocycles. The summed E-state index contributed by atoms with van der Waals surface area (Å²) in [6.45, 7) is 2.67. The van der Waals surface area contributed by atoms with Gasteiger partial charge in [-0.1, -0.05) is 30.3 Å². The number of nitrogens with one attached hydrogen (secondary N) is 1. The number of ether oxygens (including phenoxy) is 1. The van der Waals surface area contributed by atoms with Crippen molar-refractivity contribution in [3.05, 3.63) is 35.9 Å². The molecule has 0 spiro atoms. The molecule has 110 valence electrons. The Labute approximate surface area is 119 Å². The normalized spacial score (nSPS) is 11.7. The van der Waals surface area contributed by atoms with Gasteiger partial charge in [0, 0.05) is 19.5 Å². The van der Waals surface area contributed by atoms with E-state index < -0.39 is 0 Å². The molecule has 0 fully saturated rings. The Morgan fingerprint density at radius 3 is 2.60 bits per heavy atom. The second-order valence-electron chi connectivity index (χ2n) is 4.48. The van der Waals surface area contributed by atoms with Gasteiger partial charge in [0.1, 0.15) is 0 Å². The molecule has 0 aromatic heterocycles. The maximum Gasteiger partial charge on any atom is 0.311 e. The van der Waals surface area contributed by atoms with Crippen molar-refractivity contribution in [1.29, 1.82) is 0 Å². The maximum absolute atomic E-state index is 11.9. The molecule has 1 aromatic rings. The molecule has 3 N–H and O–H groups in total. The minimum absolute atomic E-state index is 0.144. The van der Waals surface area contributed by atoms with Gasteiger partial charge in [-0.25, -0.2) is 0 Å². The fourth-order valence-electron chi connectivity index (χ4n) is 1.85. The number of hydrogen-bond donors (Lipinski definition) is 2. The zero-order valence-corrected chi connectivity index (χ0v) is 11.8. The molecule has 20 heavy (non-hydrogen) atoms. The van der Waals surface area contributed by atoms with Gasteiger partial charge in [-0.15, -0.1) is 0 Å². The Morgan fingerprint density at radius 1 is 1.30 bits per heavy atom. The average molecular weight is 278 g/mol. The van der Waals surface area contributed by atoms with Crippen LogP contribution in [-0.4, -0.2) is 31.6 Å². The zero-order chi connectivity index (χ0) is 14.8. The lowest BCUT2D eigenvalue weighted by Gasteiger charge is -2.16. The van der Waals surface area contributed by atoms with Crippen LogP contribution in [0.15, 0.2) is 30.3 Å². The molecule has 0 saturated heterocycles. The van der Waals surface area contributed by atoms with Gasteiger partial charge >= 0.3 is 5.97 Å². The monoisotopic (exact) mass is 278 g/mol. The van der Waals surface area contributed by atoms with Crippen LogP contribution in [0.25, 0.3) is 0 Å². The molecule has 0 radical (unpaired) electrons. The van der Waals surface area contributed by atoms with E-state index in [4.69, 9.17) is 10.5 Å². The first-order valence-corrected chi connectivity index (χ1v) is 6.84. The van der Waals surface area contributed by atoms with Crippen LogP contribution in [0.3, 0.4) is 0 Å². The van der Waals surface area contributed by atoms with Crippen molar-refractivity contribution >= 4 is 11.9 Å². The van der Waals surface area contributed by atoms with Crippen molar-refractivity contribution in [2.45, 2.75) is 19.8 Å². The first-order valence-electron chi connectivity index (χ1n) is 6.84. The molecule has 5 heteroatoms. The predicted molar refractivity (Wildman–Crippen MR) is 77.0 cm³/mol. The SMILES string of the molecule is CCOC(=O)C(CNC(=O)CCN)Cc1ccccc1. The van der Waals surface area contributed by atoms with Gasteiger partial charge in [0.15, 0.2) is 0 Å². The lowest BCUT2D eigenvalue weighted by Crippen LogP contribution is -2.35. The van der Waals surface area contributed by atoms with Gasteiger partial charge in [0.2, 0.25) is 5.91 Å². The number of amides is 1. The van der Waals surface area contributed by atoms with Crippen LogP contribution in [0.4, 0.5) is 0 Å².